The summed E-state index contributed by atoms with van der Waals surface area (Å²) in [7, 11) is 3.31. The molecule has 0 saturated carbocycles. The fourth-order valence-electron chi connectivity index (χ4n) is 2.91. The van der Waals surface area contributed by atoms with E-state index in [9.17, 15) is 9.59 Å². The molecule has 2 amide bonds. The van der Waals surface area contributed by atoms with Crippen molar-refractivity contribution in [3.8, 4) is 11.1 Å². The number of amides is 2. The zero-order valence-corrected chi connectivity index (χ0v) is 18.3. The van der Waals surface area contributed by atoms with Crippen LogP contribution in [0.3, 0.4) is 0 Å². The quantitative estimate of drug-likeness (QED) is 0.577. The molecule has 9 heteroatoms. The lowest BCUT2D eigenvalue weighted by Crippen LogP contribution is -2.32. The zero-order valence-electron chi connectivity index (χ0n) is 18.3. The van der Waals surface area contributed by atoms with Crippen molar-refractivity contribution in [2.45, 2.75) is 13.8 Å². The van der Waals surface area contributed by atoms with Gasteiger partial charge in [0.25, 0.3) is 5.91 Å². The Hall–Kier alpha value is -3.62. The standard InChI is InChI=1S/C22H28N6O3/c1-15(2)14-31-22(30)27(4)12-10-24-19-9-11-28-20(26-19)18(13-25-28)16-5-7-17(8-6-16)21(29)23-3/h5-9,11,13,15H,10,12,14H2,1-4H3,(H,23,29)(H,24,26). The van der Waals surface area contributed by atoms with Crippen LogP contribution in [0.15, 0.2) is 42.7 Å². The topological polar surface area (TPSA) is 101 Å². The highest BCUT2D eigenvalue weighted by Crippen LogP contribution is 2.24. The highest BCUT2D eigenvalue weighted by atomic mass is 16.6. The number of ether oxygens (including phenoxy) is 1. The van der Waals surface area contributed by atoms with Gasteiger partial charge in [0, 0.05) is 44.5 Å². The van der Waals surface area contributed by atoms with Gasteiger partial charge in [-0.2, -0.15) is 5.10 Å². The molecule has 0 spiro atoms. The first-order valence-corrected chi connectivity index (χ1v) is 10.2. The monoisotopic (exact) mass is 424 g/mol. The predicted octanol–water partition coefficient (Wildman–Crippen LogP) is 2.89. The number of benzene rings is 1. The molecule has 0 saturated heterocycles. The molecule has 0 aliphatic heterocycles. The third-order valence-electron chi connectivity index (χ3n) is 4.66. The zero-order chi connectivity index (χ0) is 22.4. The maximum absolute atomic E-state index is 11.9. The van der Waals surface area contributed by atoms with Crippen molar-refractivity contribution >= 4 is 23.5 Å². The Labute approximate surface area is 181 Å². The van der Waals surface area contributed by atoms with Crippen LogP contribution in [-0.2, 0) is 4.74 Å². The van der Waals surface area contributed by atoms with E-state index in [1.807, 2.05) is 38.2 Å². The minimum atomic E-state index is -0.336. The number of hydrogen-bond donors (Lipinski definition) is 2. The van der Waals surface area contributed by atoms with Gasteiger partial charge in [-0.1, -0.05) is 26.0 Å². The molecular weight excluding hydrogens is 396 g/mol. The number of hydrogen-bond acceptors (Lipinski definition) is 6. The molecule has 3 aromatic rings. The van der Waals surface area contributed by atoms with Crippen molar-refractivity contribution in [3.63, 3.8) is 0 Å². The second-order valence-electron chi connectivity index (χ2n) is 7.61. The molecule has 9 nitrogen and oxygen atoms in total. The molecule has 0 radical (unpaired) electrons. The fourth-order valence-corrected chi connectivity index (χ4v) is 2.91. The van der Waals surface area contributed by atoms with E-state index in [-0.39, 0.29) is 12.0 Å². The van der Waals surface area contributed by atoms with Gasteiger partial charge in [0.05, 0.1) is 12.8 Å². The molecule has 2 aromatic heterocycles. The van der Waals surface area contributed by atoms with Crippen LogP contribution in [0.2, 0.25) is 0 Å². The van der Waals surface area contributed by atoms with Gasteiger partial charge in [0.2, 0.25) is 0 Å². The van der Waals surface area contributed by atoms with Crippen LogP contribution >= 0.6 is 0 Å². The molecule has 1 aromatic carbocycles. The Morgan fingerprint density at radius 3 is 2.61 bits per heavy atom. The van der Waals surface area contributed by atoms with Crippen LogP contribution in [0.25, 0.3) is 16.8 Å². The van der Waals surface area contributed by atoms with E-state index in [0.29, 0.717) is 42.6 Å². The summed E-state index contributed by atoms with van der Waals surface area (Å²) in [4.78, 5) is 29.9. The van der Waals surface area contributed by atoms with E-state index < -0.39 is 0 Å². The summed E-state index contributed by atoms with van der Waals surface area (Å²) in [5.41, 5.74) is 3.07. The summed E-state index contributed by atoms with van der Waals surface area (Å²) in [5.74, 6) is 0.852. The summed E-state index contributed by atoms with van der Waals surface area (Å²) < 4.78 is 6.91. The van der Waals surface area contributed by atoms with E-state index in [1.165, 1.54) is 4.90 Å². The minimum absolute atomic E-state index is 0.130. The largest absolute Gasteiger partial charge is 0.449 e. The molecular formula is C22H28N6O3. The smallest absolute Gasteiger partial charge is 0.409 e. The van der Waals surface area contributed by atoms with Crippen molar-refractivity contribution in [1.29, 1.82) is 0 Å². The van der Waals surface area contributed by atoms with Crippen molar-refractivity contribution in [2.75, 3.05) is 39.1 Å². The van der Waals surface area contributed by atoms with Crippen molar-refractivity contribution in [1.82, 2.24) is 24.8 Å². The molecule has 3 rings (SSSR count). The van der Waals surface area contributed by atoms with Crippen LogP contribution in [0.1, 0.15) is 24.2 Å². The minimum Gasteiger partial charge on any atom is -0.449 e. The highest BCUT2D eigenvalue weighted by molar-refractivity contribution is 5.94. The lowest BCUT2D eigenvalue weighted by Gasteiger charge is -2.18. The van der Waals surface area contributed by atoms with Crippen molar-refractivity contribution in [3.05, 3.63) is 48.3 Å². The Bertz CT molecular complexity index is 1050. The summed E-state index contributed by atoms with van der Waals surface area (Å²) in [6.45, 7) is 5.41. The third-order valence-corrected chi connectivity index (χ3v) is 4.66. The number of likely N-dealkylation sites (N-methyl/N-ethyl adjacent to an activating group) is 1. The summed E-state index contributed by atoms with van der Waals surface area (Å²) in [5, 5.41) is 10.2. The molecule has 2 heterocycles. The van der Waals surface area contributed by atoms with Crippen LogP contribution in [0.4, 0.5) is 10.6 Å². The first kappa shape index (κ1) is 22.1. The number of carbonyl (C=O) groups excluding carboxylic acids is 2. The van der Waals surface area contributed by atoms with Gasteiger partial charge in [-0.05, 0) is 29.7 Å². The van der Waals surface area contributed by atoms with Crippen molar-refractivity contribution in [2.24, 2.45) is 5.92 Å². The molecule has 0 bridgehead atoms. The van der Waals surface area contributed by atoms with E-state index >= 15 is 0 Å². The molecule has 0 aliphatic rings. The summed E-state index contributed by atoms with van der Waals surface area (Å²) in [6.07, 6.45) is 3.24. The van der Waals surface area contributed by atoms with Crippen LogP contribution < -0.4 is 10.6 Å². The van der Waals surface area contributed by atoms with E-state index in [2.05, 4.69) is 20.7 Å². The number of carbonyl (C=O) groups is 2. The Morgan fingerprint density at radius 1 is 1.19 bits per heavy atom. The fraction of sp³-hybridized carbons (Fsp3) is 0.364. The van der Waals surface area contributed by atoms with Gasteiger partial charge in [-0.15, -0.1) is 0 Å². The summed E-state index contributed by atoms with van der Waals surface area (Å²) >= 11 is 0. The summed E-state index contributed by atoms with van der Waals surface area (Å²) in [6, 6.07) is 9.12. The third kappa shape index (κ3) is 5.50. The van der Waals surface area contributed by atoms with Gasteiger partial charge in [0.15, 0.2) is 5.65 Å². The lowest BCUT2D eigenvalue weighted by molar-refractivity contribution is 0.0962. The number of rotatable bonds is 8. The van der Waals surface area contributed by atoms with Crippen LogP contribution in [-0.4, -0.2) is 65.3 Å². The Morgan fingerprint density at radius 2 is 1.94 bits per heavy atom. The lowest BCUT2D eigenvalue weighted by atomic mass is 10.1. The van der Waals surface area contributed by atoms with E-state index in [1.54, 1.807) is 36.9 Å². The number of aromatic nitrogens is 3. The van der Waals surface area contributed by atoms with E-state index in [4.69, 9.17) is 4.74 Å². The maximum atomic E-state index is 11.9. The second kappa shape index (κ2) is 9.92. The van der Waals surface area contributed by atoms with Crippen molar-refractivity contribution < 1.29 is 14.3 Å². The number of fused-ring (bicyclic) bond motifs is 1. The molecule has 0 unspecified atom stereocenters. The van der Waals surface area contributed by atoms with Gasteiger partial charge in [0.1, 0.15) is 5.82 Å². The van der Waals surface area contributed by atoms with Crippen LogP contribution in [0, 0.1) is 5.92 Å². The number of nitrogens with zero attached hydrogens (tertiary/aromatic N) is 4. The maximum Gasteiger partial charge on any atom is 0.409 e. The van der Waals surface area contributed by atoms with Gasteiger partial charge in [-0.3, -0.25) is 4.79 Å². The number of nitrogens with one attached hydrogen (secondary N) is 2. The van der Waals surface area contributed by atoms with Gasteiger partial charge in [-0.25, -0.2) is 14.3 Å². The SMILES string of the molecule is CNC(=O)c1ccc(-c2cnn3ccc(NCCN(C)C(=O)OCC(C)C)nc23)cc1. The molecule has 0 atom stereocenters. The number of anilines is 1. The predicted molar refractivity (Wildman–Crippen MR) is 119 cm³/mol. The molecule has 2 N–H and O–H groups in total. The van der Waals surface area contributed by atoms with Gasteiger partial charge < -0.3 is 20.3 Å². The van der Waals surface area contributed by atoms with E-state index in [0.717, 1.165) is 11.1 Å². The Balaban J connectivity index is 1.66. The highest BCUT2D eigenvalue weighted by Gasteiger charge is 2.12. The molecule has 164 valence electrons. The Kier molecular flexibility index (Phi) is 7.07. The second-order valence-corrected chi connectivity index (χ2v) is 7.61. The molecule has 31 heavy (non-hydrogen) atoms. The molecule has 0 aliphatic carbocycles. The average molecular weight is 425 g/mol. The first-order chi connectivity index (χ1) is 14.9. The first-order valence-electron chi connectivity index (χ1n) is 10.2. The van der Waals surface area contributed by atoms with Crippen LogP contribution in [0.5, 0.6) is 0 Å². The average Bonchev–Trinajstić information content (AvgIpc) is 3.20. The van der Waals surface area contributed by atoms with Gasteiger partial charge >= 0.3 is 6.09 Å². The molecule has 0 fully saturated rings. The normalized spacial score (nSPS) is 10.9.